The molecule has 7 heteroatoms. The molecule has 0 bridgehead atoms. The van der Waals surface area contributed by atoms with Gasteiger partial charge in [-0.1, -0.05) is 30.3 Å². The van der Waals surface area contributed by atoms with Crippen LogP contribution in [0.15, 0.2) is 42.5 Å². The summed E-state index contributed by atoms with van der Waals surface area (Å²) in [5.74, 6) is -1.73. The molecule has 0 spiro atoms. The third-order valence-corrected chi connectivity index (χ3v) is 4.19. The second-order valence-electron chi connectivity index (χ2n) is 6.25. The number of nitrogens with two attached hydrogens (primary N) is 1. The van der Waals surface area contributed by atoms with Crippen molar-refractivity contribution in [2.45, 2.75) is 32.9 Å². The van der Waals surface area contributed by atoms with Crippen molar-refractivity contribution in [1.82, 2.24) is 5.32 Å². The number of hydrogen-bond acceptors (Lipinski definition) is 4. The number of amides is 2. The molecule has 4 N–H and O–H groups in total. The lowest BCUT2D eigenvalue weighted by atomic mass is 9.94. The van der Waals surface area contributed by atoms with Crippen molar-refractivity contribution in [3.05, 3.63) is 70.3 Å². The van der Waals surface area contributed by atoms with Crippen LogP contribution in [0, 0.1) is 13.8 Å². The summed E-state index contributed by atoms with van der Waals surface area (Å²) in [6.07, 6.45) is -0.748. The van der Waals surface area contributed by atoms with Crippen LogP contribution in [0.1, 0.15) is 32.6 Å². The summed E-state index contributed by atoms with van der Waals surface area (Å²) >= 11 is 0. The maximum atomic E-state index is 12.0. The van der Waals surface area contributed by atoms with Crippen molar-refractivity contribution in [3.8, 4) is 0 Å². The third kappa shape index (κ3) is 5.57. The smallest absolute Gasteiger partial charge is 0.408 e. The number of ether oxygens (including phenoxy) is 1. The number of hydrogen-bond donors (Lipinski definition) is 3. The molecule has 7 nitrogen and oxygen atoms in total. The van der Waals surface area contributed by atoms with Crippen LogP contribution in [0.2, 0.25) is 0 Å². The van der Waals surface area contributed by atoms with Gasteiger partial charge in [-0.2, -0.15) is 0 Å². The van der Waals surface area contributed by atoms with E-state index in [1.54, 1.807) is 38.1 Å². The van der Waals surface area contributed by atoms with Crippen LogP contribution in [0.3, 0.4) is 0 Å². The molecule has 0 unspecified atom stereocenters. The van der Waals surface area contributed by atoms with Crippen LogP contribution in [-0.4, -0.2) is 29.1 Å². The maximum absolute atomic E-state index is 12.0. The molecule has 0 aromatic heterocycles. The number of aliphatic carboxylic acids is 1. The molecular weight excluding hydrogens is 348 g/mol. The molecule has 27 heavy (non-hydrogen) atoms. The fourth-order valence-corrected chi connectivity index (χ4v) is 2.77. The van der Waals surface area contributed by atoms with Gasteiger partial charge in [0.2, 0.25) is 5.91 Å². The van der Waals surface area contributed by atoms with E-state index in [0.717, 1.165) is 22.3 Å². The summed E-state index contributed by atoms with van der Waals surface area (Å²) in [5, 5.41) is 11.8. The van der Waals surface area contributed by atoms with E-state index < -0.39 is 24.0 Å². The van der Waals surface area contributed by atoms with Gasteiger partial charge in [0.15, 0.2) is 0 Å². The Morgan fingerprint density at radius 3 is 2.22 bits per heavy atom. The van der Waals surface area contributed by atoms with E-state index in [1.807, 2.05) is 18.2 Å². The minimum atomic E-state index is -1.18. The van der Waals surface area contributed by atoms with Crippen LogP contribution < -0.4 is 11.1 Å². The highest BCUT2D eigenvalue weighted by Gasteiger charge is 2.23. The molecule has 0 saturated carbocycles. The first-order valence-electron chi connectivity index (χ1n) is 8.38. The number of primary amides is 1. The van der Waals surface area contributed by atoms with Gasteiger partial charge in [-0.05, 0) is 48.2 Å². The zero-order valence-electron chi connectivity index (χ0n) is 15.2. The average molecular weight is 370 g/mol. The minimum absolute atomic E-state index is 0.0460. The number of carbonyl (C=O) groups excluding carboxylic acids is 2. The second kappa shape index (κ2) is 8.84. The van der Waals surface area contributed by atoms with Gasteiger partial charge < -0.3 is 20.9 Å². The molecule has 0 heterocycles. The molecule has 0 radical (unpaired) electrons. The van der Waals surface area contributed by atoms with E-state index in [0.29, 0.717) is 5.56 Å². The molecule has 2 aromatic rings. The number of aryl methyl sites for hydroxylation is 2. The highest BCUT2D eigenvalue weighted by Crippen LogP contribution is 2.19. The summed E-state index contributed by atoms with van der Waals surface area (Å²) in [5.41, 5.74) is 8.64. The molecule has 2 aromatic carbocycles. The lowest BCUT2D eigenvalue weighted by Gasteiger charge is -2.18. The number of nitrogens with one attached hydrogen (secondary N) is 1. The number of carbonyl (C=O) groups is 3. The van der Waals surface area contributed by atoms with Gasteiger partial charge in [0.05, 0.1) is 0 Å². The molecule has 142 valence electrons. The summed E-state index contributed by atoms with van der Waals surface area (Å²) in [4.78, 5) is 34.9. The maximum Gasteiger partial charge on any atom is 0.408 e. The number of benzene rings is 2. The van der Waals surface area contributed by atoms with E-state index in [9.17, 15) is 19.5 Å². The van der Waals surface area contributed by atoms with Gasteiger partial charge in [0.1, 0.15) is 12.6 Å². The Kier molecular flexibility index (Phi) is 6.54. The summed E-state index contributed by atoms with van der Waals surface area (Å²) < 4.78 is 5.08. The summed E-state index contributed by atoms with van der Waals surface area (Å²) in [7, 11) is 0. The molecule has 1 atom stereocenters. The Bertz CT molecular complexity index is 826. The fourth-order valence-electron chi connectivity index (χ4n) is 2.77. The third-order valence-electron chi connectivity index (χ3n) is 4.19. The largest absolute Gasteiger partial charge is 0.480 e. The molecule has 2 rings (SSSR count). The van der Waals surface area contributed by atoms with Gasteiger partial charge in [-0.3, -0.25) is 4.79 Å². The second-order valence-corrected chi connectivity index (χ2v) is 6.25. The van der Waals surface area contributed by atoms with Crippen molar-refractivity contribution >= 4 is 18.0 Å². The number of carboxylic acid groups (broad SMARTS) is 1. The number of rotatable bonds is 7. The Morgan fingerprint density at radius 1 is 1.11 bits per heavy atom. The quantitative estimate of drug-likeness (QED) is 0.691. The molecule has 0 aliphatic carbocycles. The van der Waals surface area contributed by atoms with Crippen molar-refractivity contribution in [3.63, 3.8) is 0 Å². The summed E-state index contributed by atoms with van der Waals surface area (Å²) in [6, 6.07) is 11.1. The van der Waals surface area contributed by atoms with E-state index in [2.05, 4.69) is 5.32 Å². The lowest BCUT2D eigenvalue weighted by Crippen LogP contribution is -2.42. The standard InChI is InChI=1S/C20H22N2O5/c1-12-8-15(18(21)23)9-13(2)16(12)10-17(19(24)25)22-20(26)27-11-14-6-4-3-5-7-14/h3-9,17H,10-11H2,1-2H3,(H2,21,23)(H,22,26)(H,24,25)/t17-/m0/s1. The SMILES string of the molecule is Cc1cc(C(N)=O)cc(C)c1C[C@H](NC(=O)OCc1ccccc1)C(=O)O. The molecule has 0 aliphatic rings. The molecule has 2 amide bonds. The van der Waals surface area contributed by atoms with Crippen LogP contribution in [0.5, 0.6) is 0 Å². The monoisotopic (exact) mass is 370 g/mol. The molecule has 0 fully saturated rings. The van der Waals surface area contributed by atoms with Crippen LogP contribution in [0.4, 0.5) is 4.79 Å². The predicted octanol–water partition coefficient (Wildman–Crippen LogP) is 2.32. The van der Waals surface area contributed by atoms with Crippen molar-refractivity contribution in [2.75, 3.05) is 0 Å². The van der Waals surface area contributed by atoms with Crippen molar-refractivity contribution < 1.29 is 24.2 Å². The Balaban J connectivity index is 2.06. The molecule has 0 aliphatic heterocycles. The van der Waals surface area contributed by atoms with E-state index in [1.165, 1.54) is 0 Å². The number of alkyl carbamates (subject to hydrolysis) is 1. The summed E-state index contributed by atoms with van der Waals surface area (Å²) in [6.45, 7) is 3.58. The average Bonchev–Trinajstić information content (AvgIpc) is 2.62. The van der Waals surface area contributed by atoms with Gasteiger partial charge in [-0.25, -0.2) is 9.59 Å². The molecule has 0 saturated heterocycles. The van der Waals surface area contributed by atoms with Gasteiger partial charge >= 0.3 is 12.1 Å². The van der Waals surface area contributed by atoms with Crippen molar-refractivity contribution in [1.29, 1.82) is 0 Å². The first kappa shape index (κ1) is 20.0. The Hall–Kier alpha value is -3.35. The first-order valence-corrected chi connectivity index (χ1v) is 8.38. The van der Waals surface area contributed by atoms with Gasteiger partial charge in [0.25, 0.3) is 0 Å². The van der Waals surface area contributed by atoms with Crippen molar-refractivity contribution in [2.24, 2.45) is 5.73 Å². The normalized spacial score (nSPS) is 11.5. The topological polar surface area (TPSA) is 119 Å². The highest BCUT2D eigenvalue weighted by molar-refractivity contribution is 5.93. The predicted molar refractivity (Wildman–Crippen MR) is 99.3 cm³/mol. The zero-order chi connectivity index (χ0) is 20.0. The highest BCUT2D eigenvalue weighted by atomic mass is 16.5. The lowest BCUT2D eigenvalue weighted by molar-refractivity contribution is -0.139. The molecular formula is C20H22N2O5. The first-order chi connectivity index (χ1) is 12.8. The van der Waals surface area contributed by atoms with Gasteiger partial charge in [0, 0.05) is 12.0 Å². The van der Waals surface area contributed by atoms with Crippen LogP contribution >= 0.6 is 0 Å². The van der Waals surface area contributed by atoms with E-state index >= 15 is 0 Å². The Labute approximate surface area is 157 Å². The van der Waals surface area contributed by atoms with Crippen LogP contribution in [0.25, 0.3) is 0 Å². The number of carboxylic acids is 1. The fraction of sp³-hybridized carbons (Fsp3) is 0.250. The van der Waals surface area contributed by atoms with Crippen LogP contribution in [-0.2, 0) is 22.6 Å². The van der Waals surface area contributed by atoms with E-state index in [4.69, 9.17) is 10.5 Å². The zero-order valence-corrected chi connectivity index (χ0v) is 15.2. The minimum Gasteiger partial charge on any atom is -0.480 e. The Morgan fingerprint density at radius 2 is 1.70 bits per heavy atom. The van der Waals surface area contributed by atoms with E-state index in [-0.39, 0.29) is 13.0 Å². The van der Waals surface area contributed by atoms with Gasteiger partial charge in [-0.15, -0.1) is 0 Å².